The standard InChI is InChI=1S/C13H14N4O/c14-6-9-5-12(18)17(7-9)13-10-3-1-2-4-11(10)15-8-16-13/h1-4,8-9H,5-7,14H2. The molecular formula is C13H14N4O. The van der Waals surface area contributed by atoms with Crippen LogP contribution in [0.4, 0.5) is 5.82 Å². The maximum atomic E-state index is 12.0. The molecular weight excluding hydrogens is 228 g/mol. The van der Waals surface area contributed by atoms with E-state index in [1.165, 1.54) is 6.33 Å². The maximum Gasteiger partial charge on any atom is 0.228 e. The van der Waals surface area contributed by atoms with Crippen molar-refractivity contribution in [3.8, 4) is 0 Å². The summed E-state index contributed by atoms with van der Waals surface area (Å²) in [6.45, 7) is 1.18. The van der Waals surface area contributed by atoms with Crippen molar-refractivity contribution in [3.63, 3.8) is 0 Å². The summed E-state index contributed by atoms with van der Waals surface area (Å²) >= 11 is 0. The van der Waals surface area contributed by atoms with E-state index in [4.69, 9.17) is 5.73 Å². The number of amides is 1. The summed E-state index contributed by atoms with van der Waals surface area (Å²) in [5, 5.41) is 0.908. The first kappa shape index (κ1) is 11.1. The first-order valence-corrected chi connectivity index (χ1v) is 6.00. The highest BCUT2D eigenvalue weighted by Crippen LogP contribution is 2.28. The molecule has 0 bridgehead atoms. The number of carbonyl (C=O) groups excluding carboxylic acids is 1. The van der Waals surface area contributed by atoms with Gasteiger partial charge in [-0.05, 0) is 24.6 Å². The summed E-state index contributed by atoms with van der Waals surface area (Å²) in [4.78, 5) is 22.2. The Morgan fingerprint density at radius 1 is 1.33 bits per heavy atom. The molecule has 5 heteroatoms. The molecule has 18 heavy (non-hydrogen) atoms. The molecule has 1 aliphatic rings. The molecule has 0 aliphatic carbocycles. The summed E-state index contributed by atoms with van der Waals surface area (Å²) in [6, 6.07) is 7.71. The lowest BCUT2D eigenvalue weighted by molar-refractivity contribution is -0.117. The third kappa shape index (κ3) is 1.73. The molecule has 2 heterocycles. The minimum absolute atomic E-state index is 0.0919. The van der Waals surface area contributed by atoms with Gasteiger partial charge in [-0.2, -0.15) is 0 Å². The van der Waals surface area contributed by atoms with E-state index in [1.54, 1.807) is 4.90 Å². The second-order valence-electron chi connectivity index (χ2n) is 4.52. The summed E-state index contributed by atoms with van der Waals surface area (Å²) in [5.74, 6) is 1.02. The largest absolute Gasteiger partial charge is 0.330 e. The van der Waals surface area contributed by atoms with E-state index < -0.39 is 0 Å². The van der Waals surface area contributed by atoms with Crippen molar-refractivity contribution in [2.24, 2.45) is 11.7 Å². The Bertz CT molecular complexity index is 593. The minimum Gasteiger partial charge on any atom is -0.330 e. The Hall–Kier alpha value is -2.01. The van der Waals surface area contributed by atoms with E-state index in [0.29, 0.717) is 25.3 Å². The van der Waals surface area contributed by atoms with Gasteiger partial charge in [-0.15, -0.1) is 0 Å². The lowest BCUT2D eigenvalue weighted by atomic mass is 10.1. The van der Waals surface area contributed by atoms with Crippen LogP contribution in [-0.4, -0.2) is 29.0 Å². The molecule has 92 valence electrons. The van der Waals surface area contributed by atoms with Gasteiger partial charge in [0.1, 0.15) is 12.1 Å². The number of nitrogens with zero attached hydrogens (tertiary/aromatic N) is 3. The fraction of sp³-hybridized carbons (Fsp3) is 0.308. The fourth-order valence-electron chi connectivity index (χ4n) is 2.35. The fourth-order valence-corrected chi connectivity index (χ4v) is 2.35. The van der Waals surface area contributed by atoms with Gasteiger partial charge in [0.15, 0.2) is 0 Å². The molecule has 1 aromatic carbocycles. The molecule has 1 unspecified atom stereocenters. The first-order valence-electron chi connectivity index (χ1n) is 6.00. The topological polar surface area (TPSA) is 72.1 Å². The highest BCUT2D eigenvalue weighted by Gasteiger charge is 2.31. The second-order valence-corrected chi connectivity index (χ2v) is 4.52. The Balaban J connectivity index is 2.07. The molecule has 1 fully saturated rings. The Morgan fingerprint density at radius 2 is 2.17 bits per heavy atom. The van der Waals surface area contributed by atoms with Gasteiger partial charge in [-0.25, -0.2) is 9.97 Å². The van der Waals surface area contributed by atoms with Crippen molar-refractivity contribution in [2.45, 2.75) is 6.42 Å². The number of aromatic nitrogens is 2. The highest BCUT2D eigenvalue weighted by atomic mass is 16.2. The first-order chi connectivity index (χ1) is 8.79. The van der Waals surface area contributed by atoms with Crippen LogP contribution in [0.2, 0.25) is 0 Å². The lowest BCUT2D eigenvalue weighted by Gasteiger charge is -2.16. The summed E-state index contributed by atoms with van der Waals surface area (Å²) in [5.41, 5.74) is 6.49. The molecule has 0 saturated carbocycles. The molecule has 1 aromatic heterocycles. The molecule has 5 nitrogen and oxygen atoms in total. The monoisotopic (exact) mass is 242 g/mol. The van der Waals surface area contributed by atoms with Crippen molar-refractivity contribution in [2.75, 3.05) is 18.0 Å². The van der Waals surface area contributed by atoms with Crippen LogP contribution in [0.3, 0.4) is 0 Å². The summed E-state index contributed by atoms with van der Waals surface area (Å²) in [6.07, 6.45) is 2.01. The van der Waals surface area contributed by atoms with Crippen molar-refractivity contribution in [1.82, 2.24) is 9.97 Å². The summed E-state index contributed by atoms with van der Waals surface area (Å²) in [7, 11) is 0. The predicted octanol–water partition coefficient (Wildman–Crippen LogP) is 0.941. The van der Waals surface area contributed by atoms with Gasteiger partial charge in [0, 0.05) is 18.4 Å². The number of hydrogen-bond donors (Lipinski definition) is 1. The number of hydrogen-bond acceptors (Lipinski definition) is 4. The molecule has 0 spiro atoms. The van der Waals surface area contributed by atoms with Crippen LogP contribution in [0.1, 0.15) is 6.42 Å². The predicted molar refractivity (Wildman–Crippen MR) is 69.1 cm³/mol. The van der Waals surface area contributed by atoms with E-state index in [2.05, 4.69) is 9.97 Å². The highest BCUT2D eigenvalue weighted by molar-refractivity contribution is 6.02. The molecule has 2 aromatic rings. The number of carbonyl (C=O) groups is 1. The SMILES string of the molecule is NCC1CC(=O)N(c2ncnc3ccccc23)C1. The average molecular weight is 242 g/mol. The van der Waals surface area contributed by atoms with E-state index in [1.807, 2.05) is 24.3 Å². The van der Waals surface area contributed by atoms with E-state index >= 15 is 0 Å². The average Bonchev–Trinajstić information content (AvgIpc) is 2.79. The number of rotatable bonds is 2. The summed E-state index contributed by atoms with van der Waals surface area (Å²) < 4.78 is 0. The zero-order valence-electron chi connectivity index (χ0n) is 9.91. The Morgan fingerprint density at radius 3 is 2.94 bits per heavy atom. The zero-order chi connectivity index (χ0) is 12.5. The molecule has 1 aliphatic heterocycles. The number of nitrogens with two attached hydrogens (primary N) is 1. The number of fused-ring (bicyclic) bond motifs is 1. The van der Waals surface area contributed by atoms with Gasteiger partial charge in [-0.1, -0.05) is 12.1 Å². The van der Waals surface area contributed by atoms with Crippen LogP contribution in [0.5, 0.6) is 0 Å². The second kappa shape index (κ2) is 4.34. The van der Waals surface area contributed by atoms with E-state index in [-0.39, 0.29) is 11.8 Å². The van der Waals surface area contributed by atoms with E-state index in [9.17, 15) is 4.79 Å². The van der Waals surface area contributed by atoms with Crippen LogP contribution in [0, 0.1) is 5.92 Å². The molecule has 1 saturated heterocycles. The van der Waals surface area contributed by atoms with Gasteiger partial charge in [0.2, 0.25) is 5.91 Å². The number of benzene rings is 1. The molecule has 0 radical (unpaired) electrons. The quantitative estimate of drug-likeness (QED) is 0.850. The molecule has 1 amide bonds. The van der Waals surface area contributed by atoms with Gasteiger partial charge < -0.3 is 5.73 Å². The smallest absolute Gasteiger partial charge is 0.228 e. The molecule has 3 rings (SSSR count). The van der Waals surface area contributed by atoms with Gasteiger partial charge >= 0.3 is 0 Å². The Kier molecular flexibility index (Phi) is 2.68. The van der Waals surface area contributed by atoms with Crippen molar-refractivity contribution >= 4 is 22.6 Å². The number of anilines is 1. The van der Waals surface area contributed by atoms with Crippen LogP contribution in [-0.2, 0) is 4.79 Å². The van der Waals surface area contributed by atoms with Crippen LogP contribution in [0.25, 0.3) is 10.9 Å². The third-order valence-corrected chi connectivity index (χ3v) is 3.32. The van der Waals surface area contributed by atoms with Crippen LogP contribution >= 0.6 is 0 Å². The lowest BCUT2D eigenvalue weighted by Crippen LogP contribution is -2.26. The van der Waals surface area contributed by atoms with Gasteiger partial charge in [0.05, 0.1) is 5.52 Å². The van der Waals surface area contributed by atoms with Crippen LogP contribution in [0.15, 0.2) is 30.6 Å². The normalized spacial score (nSPS) is 19.7. The zero-order valence-corrected chi connectivity index (χ0v) is 9.91. The molecule has 1 atom stereocenters. The van der Waals surface area contributed by atoms with E-state index in [0.717, 1.165) is 10.9 Å². The van der Waals surface area contributed by atoms with Gasteiger partial charge in [0.25, 0.3) is 0 Å². The van der Waals surface area contributed by atoms with Crippen LogP contribution < -0.4 is 10.6 Å². The van der Waals surface area contributed by atoms with Crippen molar-refractivity contribution in [1.29, 1.82) is 0 Å². The molecule has 2 N–H and O–H groups in total. The Labute approximate surface area is 105 Å². The van der Waals surface area contributed by atoms with Gasteiger partial charge in [-0.3, -0.25) is 9.69 Å². The van der Waals surface area contributed by atoms with Crippen molar-refractivity contribution < 1.29 is 4.79 Å². The third-order valence-electron chi connectivity index (χ3n) is 3.32. The number of para-hydroxylation sites is 1. The maximum absolute atomic E-state index is 12.0. The van der Waals surface area contributed by atoms with Crippen molar-refractivity contribution in [3.05, 3.63) is 30.6 Å². The minimum atomic E-state index is 0.0919.